The van der Waals surface area contributed by atoms with Gasteiger partial charge in [-0.05, 0) is 76.4 Å². The number of aromatic nitrogens is 4. The number of imidazole rings is 1. The van der Waals surface area contributed by atoms with Gasteiger partial charge in [0, 0.05) is 52.3 Å². The second-order valence-corrected chi connectivity index (χ2v) is 10.7. The van der Waals surface area contributed by atoms with Crippen LogP contribution < -0.4 is 19.7 Å². The predicted octanol–water partition coefficient (Wildman–Crippen LogP) is 8.43. The summed E-state index contributed by atoms with van der Waals surface area (Å²) in [6.07, 6.45) is 3.58. The average Bonchev–Trinajstić information content (AvgIpc) is 3.54. The number of benzene rings is 4. The van der Waals surface area contributed by atoms with Gasteiger partial charge in [-0.3, -0.25) is 4.98 Å². The van der Waals surface area contributed by atoms with Crippen molar-refractivity contribution in [2.45, 2.75) is 0 Å². The first kappa shape index (κ1) is 28.5. The molecule has 0 amide bonds. The Kier molecular flexibility index (Phi) is 7.37. The van der Waals surface area contributed by atoms with Crippen LogP contribution in [0.4, 0.5) is 39.8 Å². The summed E-state index contributed by atoms with van der Waals surface area (Å²) in [6, 6.07) is 42.5. The molecule has 0 atom stereocenters. The molecule has 0 fully saturated rings. The Morgan fingerprint density at radius 3 is 1.82 bits per heavy atom. The summed E-state index contributed by atoms with van der Waals surface area (Å²) in [7, 11) is 4.25. The molecule has 9 rings (SSSR count). The Hall–Kier alpha value is -5.30. The van der Waals surface area contributed by atoms with Crippen molar-refractivity contribution in [3.8, 4) is 22.8 Å². The molecule has 45 heavy (non-hydrogen) atoms. The minimum atomic E-state index is 0. The fourth-order valence-corrected chi connectivity index (χ4v) is 5.94. The summed E-state index contributed by atoms with van der Waals surface area (Å²) in [5.74, 6) is 0.691. The molecular formula is C37H27IrN7-2. The van der Waals surface area contributed by atoms with Crippen LogP contribution in [0.5, 0.6) is 0 Å². The van der Waals surface area contributed by atoms with Gasteiger partial charge in [-0.25, -0.2) is 0 Å². The number of hydrogen-bond acceptors (Lipinski definition) is 6. The van der Waals surface area contributed by atoms with Gasteiger partial charge in [-0.2, -0.15) is 0 Å². The zero-order valence-electron chi connectivity index (χ0n) is 24.6. The van der Waals surface area contributed by atoms with Gasteiger partial charge in [0.1, 0.15) is 0 Å². The van der Waals surface area contributed by atoms with Crippen molar-refractivity contribution in [3.05, 3.63) is 134 Å². The Labute approximate surface area is 275 Å². The SMILES string of the molecule is CN1c2[c-]c(-c3ccccn3)cc3c2N(c2ccccc21)c1ccccc1N3C.[Ir].c1ccc(-c2nc3ccccc3[n-]2)nc1. The molecule has 7 nitrogen and oxygen atoms in total. The molecule has 5 heterocycles. The van der Waals surface area contributed by atoms with E-state index >= 15 is 0 Å². The fraction of sp³-hybridized carbons (Fsp3) is 0.0541. The van der Waals surface area contributed by atoms with Crippen LogP contribution in [-0.4, -0.2) is 29.0 Å². The number of nitrogens with zero attached hydrogens (tertiary/aromatic N) is 7. The predicted molar refractivity (Wildman–Crippen MR) is 178 cm³/mol. The molecule has 0 aliphatic carbocycles. The van der Waals surface area contributed by atoms with E-state index in [9.17, 15) is 0 Å². The standard InChI is InChI=1S/C25H19N4.C12H8N3.Ir/c1-27-19-10-3-5-12-21(19)29-22-13-6-4-11-20(22)28(2)24-16-17(15-23(27)25(24)29)18-9-7-8-14-26-18;1-2-6-10-9(5-1)14-12(15-10)11-7-3-4-8-13-11;/h3-15H,1-2H3;1-8H;/q2*-1;. The Bertz CT molecular complexity index is 2020. The van der Waals surface area contributed by atoms with E-state index in [1.807, 2.05) is 66.9 Å². The van der Waals surface area contributed by atoms with Crippen molar-refractivity contribution in [3.63, 3.8) is 0 Å². The maximum absolute atomic E-state index is 4.57. The van der Waals surface area contributed by atoms with Crippen LogP contribution in [0.2, 0.25) is 0 Å². The molecule has 1 radical (unpaired) electrons. The number of para-hydroxylation sites is 6. The van der Waals surface area contributed by atoms with Crippen LogP contribution in [0.1, 0.15) is 0 Å². The molecule has 2 aliphatic heterocycles. The van der Waals surface area contributed by atoms with E-state index in [-0.39, 0.29) is 20.1 Å². The van der Waals surface area contributed by atoms with Gasteiger partial charge in [-0.1, -0.05) is 66.7 Å². The topological polar surface area (TPSA) is 62.5 Å². The van der Waals surface area contributed by atoms with Gasteiger partial charge in [0.2, 0.25) is 0 Å². The summed E-state index contributed by atoms with van der Waals surface area (Å²) < 4.78 is 0. The molecule has 2 aliphatic rings. The van der Waals surface area contributed by atoms with E-state index < -0.39 is 0 Å². The van der Waals surface area contributed by atoms with E-state index in [4.69, 9.17) is 0 Å². The van der Waals surface area contributed by atoms with E-state index in [0.29, 0.717) is 5.82 Å². The van der Waals surface area contributed by atoms with Gasteiger partial charge >= 0.3 is 0 Å². The first-order valence-electron chi connectivity index (χ1n) is 14.5. The molecular weight excluding hydrogens is 735 g/mol. The van der Waals surface area contributed by atoms with Crippen molar-refractivity contribution >= 4 is 50.8 Å². The van der Waals surface area contributed by atoms with E-state index in [0.717, 1.165) is 45.0 Å². The summed E-state index contributed by atoms with van der Waals surface area (Å²) in [5, 5.41) is 0. The quantitative estimate of drug-likeness (QED) is 0.164. The van der Waals surface area contributed by atoms with Gasteiger partial charge in [0.25, 0.3) is 0 Å². The minimum Gasteiger partial charge on any atom is -0.434 e. The summed E-state index contributed by atoms with van der Waals surface area (Å²) in [6.45, 7) is 0. The van der Waals surface area contributed by atoms with Crippen LogP contribution in [0, 0.1) is 6.07 Å². The molecule has 0 N–H and O–H groups in total. The summed E-state index contributed by atoms with van der Waals surface area (Å²) >= 11 is 0. The Morgan fingerprint density at radius 2 is 1.18 bits per heavy atom. The maximum Gasteiger partial charge on any atom is 0.0632 e. The third-order valence-corrected chi connectivity index (χ3v) is 8.06. The number of pyridine rings is 2. The smallest absolute Gasteiger partial charge is 0.0632 e. The molecule has 221 valence electrons. The zero-order chi connectivity index (χ0) is 29.6. The number of anilines is 7. The van der Waals surface area contributed by atoms with Crippen molar-refractivity contribution in [1.29, 1.82) is 0 Å². The monoisotopic (exact) mass is 762 g/mol. The second-order valence-electron chi connectivity index (χ2n) is 10.7. The fourth-order valence-electron chi connectivity index (χ4n) is 5.94. The molecule has 3 aromatic heterocycles. The molecule has 0 bridgehead atoms. The normalized spacial score (nSPS) is 12.4. The van der Waals surface area contributed by atoms with Crippen LogP contribution in [0.3, 0.4) is 0 Å². The number of rotatable bonds is 2. The Morgan fingerprint density at radius 1 is 0.600 bits per heavy atom. The minimum absolute atomic E-state index is 0. The van der Waals surface area contributed by atoms with Crippen LogP contribution in [0.25, 0.3) is 33.8 Å². The number of hydrogen-bond donors (Lipinski definition) is 0. The molecule has 4 aromatic carbocycles. The van der Waals surface area contributed by atoms with E-state index in [1.54, 1.807) is 6.20 Å². The van der Waals surface area contributed by atoms with Gasteiger partial charge < -0.3 is 29.7 Å². The number of fused-ring (bicyclic) bond motifs is 5. The third-order valence-electron chi connectivity index (χ3n) is 8.06. The molecule has 0 unspecified atom stereocenters. The first-order valence-corrected chi connectivity index (χ1v) is 14.5. The molecule has 7 aromatic rings. The Balaban J connectivity index is 0.000000172. The molecule has 0 saturated heterocycles. The van der Waals surface area contributed by atoms with Gasteiger partial charge in [0.05, 0.1) is 28.4 Å². The largest absolute Gasteiger partial charge is 0.434 e. The molecule has 0 saturated carbocycles. The second kappa shape index (κ2) is 11.7. The van der Waals surface area contributed by atoms with Crippen molar-refractivity contribution in [2.75, 3.05) is 28.8 Å². The summed E-state index contributed by atoms with van der Waals surface area (Å²) in [4.78, 5) is 24.5. The zero-order valence-corrected chi connectivity index (χ0v) is 27.0. The van der Waals surface area contributed by atoms with E-state index in [2.05, 4.69) is 109 Å². The average molecular weight is 762 g/mol. The van der Waals surface area contributed by atoms with Crippen molar-refractivity contribution in [2.24, 2.45) is 0 Å². The van der Waals surface area contributed by atoms with Gasteiger partial charge in [-0.15, -0.1) is 17.7 Å². The van der Waals surface area contributed by atoms with Gasteiger partial charge in [0.15, 0.2) is 0 Å². The van der Waals surface area contributed by atoms with Crippen LogP contribution in [-0.2, 0) is 20.1 Å². The van der Waals surface area contributed by atoms with Crippen LogP contribution in [0.15, 0.2) is 128 Å². The first-order chi connectivity index (χ1) is 21.7. The summed E-state index contributed by atoms with van der Waals surface area (Å²) in [5.41, 5.74) is 12.7. The van der Waals surface area contributed by atoms with E-state index in [1.165, 1.54) is 22.7 Å². The third kappa shape index (κ3) is 4.85. The van der Waals surface area contributed by atoms with Crippen molar-refractivity contribution in [1.82, 2.24) is 19.9 Å². The van der Waals surface area contributed by atoms with Crippen molar-refractivity contribution < 1.29 is 20.1 Å². The molecule has 0 spiro atoms. The molecule has 8 heteroatoms. The van der Waals surface area contributed by atoms with Crippen LogP contribution >= 0.6 is 0 Å². The maximum atomic E-state index is 4.57.